The summed E-state index contributed by atoms with van der Waals surface area (Å²) >= 11 is 1.99. The molecule has 0 aromatic carbocycles. The lowest BCUT2D eigenvalue weighted by Crippen LogP contribution is -2.32. The molecule has 0 aromatic rings. The zero-order chi connectivity index (χ0) is 10.4. The van der Waals surface area contributed by atoms with Crippen molar-refractivity contribution >= 4 is 17.5 Å². The van der Waals surface area contributed by atoms with Crippen molar-refractivity contribution in [2.75, 3.05) is 24.6 Å². The van der Waals surface area contributed by atoms with Gasteiger partial charge in [-0.1, -0.05) is 6.92 Å². The van der Waals surface area contributed by atoms with Gasteiger partial charge >= 0.3 is 0 Å². The molecule has 14 heavy (non-hydrogen) atoms. The van der Waals surface area contributed by atoms with Gasteiger partial charge in [0, 0.05) is 24.8 Å². The van der Waals surface area contributed by atoms with Crippen molar-refractivity contribution in [2.24, 2.45) is 0 Å². The molecule has 3 heteroatoms. The van der Waals surface area contributed by atoms with Crippen LogP contribution < -0.4 is 0 Å². The van der Waals surface area contributed by atoms with E-state index < -0.39 is 0 Å². The van der Waals surface area contributed by atoms with E-state index in [-0.39, 0.29) is 0 Å². The molecule has 1 atom stereocenters. The van der Waals surface area contributed by atoms with Gasteiger partial charge in [-0.15, -0.1) is 0 Å². The Morgan fingerprint density at radius 2 is 2.36 bits per heavy atom. The number of thioether (sulfide) groups is 1. The van der Waals surface area contributed by atoms with Gasteiger partial charge in [0.25, 0.3) is 0 Å². The lowest BCUT2D eigenvalue weighted by Gasteiger charge is -2.23. The molecule has 0 aliphatic carbocycles. The summed E-state index contributed by atoms with van der Waals surface area (Å²) in [7, 11) is 0. The third kappa shape index (κ3) is 4.01. The monoisotopic (exact) mass is 215 g/mol. The van der Waals surface area contributed by atoms with Gasteiger partial charge in [-0.3, -0.25) is 9.69 Å². The molecule has 2 nitrogen and oxygen atoms in total. The van der Waals surface area contributed by atoms with Gasteiger partial charge < -0.3 is 0 Å². The Morgan fingerprint density at radius 1 is 1.57 bits per heavy atom. The van der Waals surface area contributed by atoms with Crippen LogP contribution in [0.25, 0.3) is 0 Å². The average molecular weight is 215 g/mol. The van der Waals surface area contributed by atoms with Crippen LogP contribution in [0.1, 0.15) is 33.1 Å². The number of Topliss-reactive ketones (excluding diaryl/α,β-unsaturated/α-hetero) is 1. The first kappa shape index (κ1) is 12.1. The largest absolute Gasteiger partial charge is 0.300 e. The van der Waals surface area contributed by atoms with Gasteiger partial charge in [0.15, 0.2) is 0 Å². The SMILES string of the molecule is CCSCCN1CCCC1CC(C)=O. The van der Waals surface area contributed by atoms with E-state index in [9.17, 15) is 4.79 Å². The fraction of sp³-hybridized carbons (Fsp3) is 0.909. The predicted octanol–water partition coefficient (Wildman–Crippen LogP) is 2.18. The second kappa shape index (κ2) is 6.46. The zero-order valence-corrected chi connectivity index (χ0v) is 10.1. The summed E-state index contributed by atoms with van der Waals surface area (Å²) in [6.07, 6.45) is 3.25. The van der Waals surface area contributed by atoms with Crippen LogP contribution >= 0.6 is 11.8 Å². The maximum atomic E-state index is 11.0. The van der Waals surface area contributed by atoms with E-state index in [1.807, 2.05) is 11.8 Å². The van der Waals surface area contributed by atoms with Gasteiger partial charge in [-0.05, 0) is 32.1 Å². The lowest BCUT2D eigenvalue weighted by atomic mass is 10.1. The third-order valence-corrected chi connectivity index (χ3v) is 3.63. The topological polar surface area (TPSA) is 20.3 Å². The van der Waals surface area contributed by atoms with E-state index in [1.54, 1.807) is 6.92 Å². The zero-order valence-electron chi connectivity index (χ0n) is 9.29. The van der Waals surface area contributed by atoms with E-state index >= 15 is 0 Å². The summed E-state index contributed by atoms with van der Waals surface area (Å²) < 4.78 is 0. The molecule has 0 amide bonds. The highest BCUT2D eigenvalue weighted by molar-refractivity contribution is 7.99. The fourth-order valence-corrected chi connectivity index (χ4v) is 2.73. The smallest absolute Gasteiger partial charge is 0.131 e. The molecular formula is C11H21NOS. The molecular weight excluding hydrogens is 194 g/mol. The van der Waals surface area contributed by atoms with E-state index in [1.165, 1.54) is 30.9 Å². The Hall–Kier alpha value is -0.0200. The normalized spacial score (nSPS) is 22.9. The minimum absolute atomic E-state index is 0.338. The molecule has 1 aliphatic rings. The van der Waals surface area contributed by atoms with E-state index in [0.717, 1.165) is 13.0 Å². The quantitative estimate of drug-likeness (QED) is 0.633. The number of nitrogens with zero attached hydrogens (tertiary/aromatic N) is 1. The molecule has 0 N–H and O–H groups in total. The standard InChI is InChI=1S/C11H21NOS/c1-3-14-8-7-12-6-4-5-11(12)9-10(2)13/h11H,3-9H2,1-2H3. The number of carbonyl (C=O) groups is 1. The van der Waals surface area contributed by atoms with E-state index in [2.05, 4.69) is 11.8 Å². The highest BCUT2D eigenvalue weighted by Gasteiger charge is 2.24. The molecule has 82 valence electrons. The van der Waals surface area contributed by atoms with Crippen molar-refractivity contribution < 1.29 is 4.79 Å². The van der Waals surface area contributed by atoms with Crippen LogP contribution in [0.2, 0.25) is 0 Å². The molecule has 1 aliphatic heterocycles. The first-order valence-electron chi connectivity index (χ1n) is 5.55. The Kier molecular flexibility index (Phi) is 5.56. The van der Waals surface area contributed by atoms with Crippen LogP contribution in [0.5, 0.6) is 0 Å². The van der Waals surface area contributed by atoms with Crippen LogP contribution in [-0.4, -0.2) is 41.3 Å². The second-order valence-electron chi connectivity index (χ2n) is 3.94. The van der Waals surface area contributed by atoms with E-state index in [0.29, 0.717) is 11.8 Å². The molecule has 0 spiro atoms. The molecule has 0 bridgehead atoms. The minimum atomic E-state index is 0.338. The first-order chi connectivity index (χ1) is 6.74. The summed E-state index contributed by atoms with van der Waals surface area (Å²) in [6, 6.07) is 0.546. The Labute approximate surface area is 91.4 Å². The molecule has 1 saturated heterocycles. The summed E-state index contributed by atoms with van der Waals surface area (Å²) in [4.78, 5) is 13.5. The Morgan fingerprint density at radius 3 is 3.00 bits per heavy atom. The van der Waals surface area contributed by atoms with Crippen molar-refractivity contribution in [3.8, 4) is 0 Å². The second-order valence-corrected chi connectivity index (χ2v) is 5.33. The summed E-state index contributed by atoms with van der Waals surface area (Å²) in [5.74, 6) is 2.75. The molecule has 1 fully saturated rings. The molecule has 0 radical (unpaired) electrons. The van der Waals surface area contributed by atoms with Crippen molar-refractivity contribution in [3.05, 3.63) is 0 Å². The van der Waals surface area contributed by atoms with Gasteiger partial charge in [0.2, 0.25) is 0 Å². The molecule has 0 saturated carbocycles. The van der Waals surface area contributed by atoms with Gasteiger partial charge in [-0.2, -0.15) is 11.8 Å². The van der Waals surface area contributed by atoms with Crippen molar-refractivity contribution in [2.45, 2.75) is 39.2 Å². The van der Waals surface area contributed by atoms with Crippen molar-refractivity contribution in [3.63, 3.8) is 0 Å². The molecule has 1 unspecified atom stereocenters. The van der Waals surface area contributed by atoms with Crippen LogP contribution in [0.3, 0.4) is 0 Å². The first-order valence-corrected chi connectivity index (χ1v) is 6.70. The van der Waals surface area contributed by atoms with Gasteiger partial charge in [0.05, 0.1) is 0 Å². The van der Waals surface area contributed by atoms with Crippen LogP contribution in [0.4, 0.5) is 0 Å². The molecule has 1 rings (SSSR count). The maximum absolute atomic E-state index is 11.0. The van der Waals surface area contributed by atoms with Crippen molar-refractivity contribution in [1.29, 1.82) is 0 Å². The van der Waals surface area contributed by atoms with Crippen molar-refractivity contribution in [1.82, 2.24) is 4.90 Å². The average Bonchev–Trinajstić information content (AvgIpc) is 2.52. The Bertz CT molecular complexity index is 184. The van der Waals surface area contributed by atoms with Crippen LogP contribution in [0.15, 0.2) is 0 Å². The number of ketones is 1. The minimum Gasteiger partial charge on any atom is -0.300 e. The summed E-state index contributed by atoms with van der Waals surface area (Å²) in [5.41, 5.74) is 0. The lowest BCUT2D eigenvalue weighted by molar-refractivity contribution is -0.118. The number of hydrogen-bond donors (Lipinski definition) is 0. The third-order valence-electron chi connectivity index (χ3n) is 2.75. The number of hydrogen-bond acceptors (Lipinski definition) is 3. The van der Waals surface area contributed by atoms with Crippen LogP contribution in [0, 0.1) is 0 Å². The van der Waals surface area contributed by atoms with Gasteiger partial charge in [-0.25, -0.2) is 0 Å². The summed E-state index contributed by atoms with van der Waals surface area (Å²) in [6.45, 7) is 6.26. The number of carbonyl (C=O) groups excluding carboxylic acids is 1. The molecule has 1 heterocycles. The predicted molar refractivity (Wildman–Crippen MR) is 62.9 cm³/mol. The van der Waals surface area contributed by atoms with E-state index in [4.69, 9.17) is 0 Å². The number of rotatable bonds is 6. The van der Waals surface area contributed by atoms with Crippen LogP contribution in [-0.2, 0) is 4.79 Å². The fourth-order valence-electron chi connectivity index (χ4n) is 2.08. The highest BCUT2D eigenvalue weighted by Crippen LogP contribution is 2.20. The highest BCUT2D eigenvalue weighted by atomic mass is 32.2. The Balaban J connectivity index is 2.24. The van der Waals surface area contributed by atoms with Gasteiger partial charge in [0.1, 0.15) is 5.78 Å². The maximum Gasteiger partial charge on any atom is 0.131 e. The number of likely N-dealkylation sites (tertiary alicyclic amines) is 1. The molecule has 0 aromatic heterocycles. The summed E-state index contributed by atoms with van der Waals surface area (Å²) in [5, 5.41) is 0.